The Hall–Kier alpha value is -1.51. The lowest BCUT2D eigenvalue weighted by Gasteiger charge is -2.30. The van der Waals surface area contributed by atoms with Crippen LogP contribution in [0.1, 0.15) is 45.1 Å². The lowest BCUT2D eigenvalue weighted by atomic mass is 10.0. The number of amides is 1. The normalized spacial score (nSPS) is 19.2. The summed E-state index contributed by atoms with van der Waals surface area (Å²) in [4.78, 5) is 14.1. The van der Waals surface area contributed by atoms with Gasteiger partial charge in [0.15, 0.2) is 6.61 Å². The predicted octanol–water partition coefficient (Wildman–Crippen LogP) is 3.45. The molecule has 1 aliphatic heterocycles. The first-order valence-electron chi connectivity index (χ1n) is 7.57. The number of hydrogen-bond acceptors (Lipinski definition) is 2. The maximum absolute atomic E-state index is 12.1. The van der Waals surface area contributed by atoms with Gasteiger partial charge in [0.25, 0.3) is 5.91 Å². The van der Waals surface area contributed by atoms with E-state index in [4.69, 9.17) is 4.74 Å². The van der Waals surface area contributed by atoms with Crippen LogP contribution in [0.3, 0.4) is 0 Å². The smallest absolute Gasteiger partial charge is 0.260 e. The van der Waals surface area contributed by atoms with Gasteiger partial charge in [0, 0.05) is 13.1 Å². The Morgan fingerprint density at radius 2 is 2.25 bits per heavy atom. The molecule has 3 heteroatoms. The molecule has 110 valence electrons. The highest BCUT2D eigenvalue weighted by molar-refractivity contribution is 5.77. The number of ether oxygens (including phenoxy) is 1. The second-order valence-electron chi connectivity index (χ2n) is 6.10. The quantitative estimate of drug-likeness (QED) is 0.842. The number of nitrogens with zero attached hydrogens (tertiary/aromatic N) is 1. The first-order chi connectivity index (χ1) is 9.56. The summed E-state index contributed by atoms with van der Waals surface area (Å²) in [6.07, 6.45) is 2.33. The van der Waals surface area contributed by atoms with Crippen LogP contribution in [-0.4, -0.2) is 30.5 Å². The van der Waals surface area contributed by atoms with E-state index in [-0.39, 0.29) is 12.5 Å². The number of carbonyl (C=O) groups is 1. The highest BCUT2D eigenvalue weighted by Crippen LogP contribution is 2.20. The fraction of sp³-hybridized carbons (Fsp3) is 0.588. The molecule has 1 aliphatic rings. The van der Waals surface area contributed by atoms with E-state index in [2.05, 4.69) is 26.8 Å². The molecule has 1 heterocycles. The van der Waals surface area contributed by atoms with Crippen LogP contribution in [0.5, 0.6) is 5.75 Å². The zero-order valence-electron chi connectivity index (χ0n) is 12.8. The second kappa shape index (κ2) is 6.78. The van der Waals surface area contributed by atoms with Crippen LogP contribution < -0.4 is 4.74 Å². The van der Waals surface area contributed by atoms with Crippen LogP contribution in [0.2, 0.25) is 0 Å². The van der Waals surface area contributed by atoms with Crippen molar-refractivity contribution < 1.29 is 9.53 Å². The van der Waals surface area contributed by atoms with Crippen LogP contribution in [0.15, 0.2) is 24.3 Å². The van der Waals surface area contributed by atoms with Gasteiger partial charge in [-0.2, -0.15) is 0 Å². The first kappa shape index (κ1) is 14.9. The summed E-state index contributed by atoms with van der Waals surface area (Å²) in [5, 5.41) is 0. The molecule has 1 fully saturated rings. The minimum Gasteiger partial charge on any atom is -0.484 e. The van der Waals surface area contributed by atoms with Crippen molar-refractivity contribution in [2.45, 2.75) is 39.5 Å². The van der Waals surface area contributed by atoms with Gasteiger partial charge in [-0.25, -0.2) is 0 Å². The summed E-state index contributed by atoms with van der Waals surface area (Å²) < 4.78 is 5.66. The van der Waals surface area contributed by atoms with Gasteiger partial charge in [-0.3, -0.25) is 4.79 Å². The highest BCUT2D eigenvalue weighted by atomic mass is 16.5. The van der Waals surface area contributed by atoms with E-state index < -0.39 is 0 Å². The second-order valence-corrected chi connectivity index (χ2v) is 6.10. The molecular weight excluding hydrogens is 250 g/mol. The monoisotopic (exact) mass is 275 g/mol. The average Bonchev–Trinajstić information content (AvgIpc) is 2.45. The maximum Gasteiger partial charge on any atom is 0.260 e. The van der Waals surface area contributed by atoms with Crippen molar-refractivity contribution in [1.82, 2.24) is 4.90 Å². The Morgan fingerprint density at radius 1 is 1.45 bits per heavy atom. The van der Waals surface area contributed by atoms with E-state index in [1.807, 2.05) is 23.1 Å². The zero-order valence-corrected chi connectivity index (χ0v) is 12.8. The average molecular weight is 275 g/mol. The molecule has 0 aromatic heterocycles. The summed E-state index contributed by atoms with van der Waals surface area (Å²) in [7, 11) is 0. The standard InChI is InChI=1S/C17H25NO2/c1-13(2)15-7-4-8-16(10-15)20-12-17(19)18-9-5-6-14(3)11-18/h4,7-8,10,13-14H,5-6,9,11-12H2,1-3H3. The topological polar surface area (TPSA) is 29.5 Å². The minimum absolute atomic E-state index is 0.103. The number of piperidine rings is 1. The first-order valence-corrected chi connectivity index (χ1v) is 7.57. The third-order valence-corrected chi connectivity index (χ3v) is 3.90. The largest absolute Gasteiger partial charge is 0.484 e. The van der Waals surface area contributed by atoms with Gasteiger partial charge < -0.3 is 9.64 Å². The van der Waals surface area contributed by atoms with Crippen LogP contribution in [0, 0.1) is 5.92 Å². The van der Waals surface area contributed by atoms with Crippen molar-refractivity contribution in [1.29, 1.82) is 0 Å². The van der Waals surface area contributed by atoms with Crippen LogP contribution in [0.4, 0.5) is 0 Å². The van der Waals surface area contributed by atoms with Gasteiger partial charge in [-0.05, 0) is 42.4 Å². The number of rotatable bonds is 4. The van der Waals surface area contributed by atoms with Crippen LogP contribution in [-0.2, 0) is 4.79 Å². The molecule has 0 N–H and O–H groups in total. The molecule has 1 amide bonds. The van der Waals surface area contributed by atoms with Crippen LogP contribution in [0.25, 0.3) is 0 Å². The van der Waals surface area contributed by atoms with E-state index in [9.17, 15) is 4.79 Å². The third kappa shape index (κ3) is 3.99. The summed E-state index contributed by atoms with van der Waals surface area (Å²) >= 11 is 0. The van der Waals surface area contributed by atoms with Crippen molar-refractivity contribution in [3.05, 3.63) is 29.8 Å². The maximum atomic E-state index is 12.1. The Labute approximate surface area is 121 Å². The lowest BCUT2D eigenvalue weighted by molar-refractivity contribution is -0.135. The molecule has 1 aromatic carbocycles. The summed E-state index contributed by atoms with van der Waals surface area (Å²) in [5.74, 6) is 1.97. The van der Waals surface area contributed by atoms with Crippen molar-refractivity contribution in [2.75, 3.05) is 19.7 Å². The molecule has 0 radical (unpaired) electrons. The fourth-order valence-corrected chi connectivity index (χ4v) is 2.62. The highest BCUT2D eigenvalue weighted by Gasteiger charge is 2.21. The number of hydrogen-bond donors (Lipinski definition) is 0. The molecule has 0 aliphatic carbocycles. The molecule has 1 atom stereocenters. The Kier molecular flexibility index (Phi) is 5.05. The van der Waals surface area contributed by atoms with E-state index >= 15 is 0 Å². The van der Waals surface area contributed by atoms with Crippen molar-refractivity contribution in [3.63, 3.8) is 0 Å². The molecule has 1 aromatic rings. The van der Waals surface area contributed by atoms with E-state index in [1.54, 1.807) is 0 Å². The van der Waals surface area contributed by atoms with Crippen molar-refractivity contribution in [2.24, 2.45) is 5.92 Å². The number of carbonyl (C=O) groups excluding carboxylic acids is 1. The molecule has 0 spiro atoms. The summed E-state index contributed by atoms with van der Waals surface area (Å²) in [6, 6.07) is 8.01. The third-order valence-electron chi connectivity index (χ3n) is 3.90. The Morgan fingerprint density at radius 3 is 2.95 bits per heavy atom. The van der Waals surface area contributed by atoms with E-state index in [0.717, 1.165) is 25.3 Å². The molecule has 3 nitrogen and oxygen atoms in total. The Balaban J connectivity index is 1.88. The molecule has 2 rings (SSSR count). The zero-order chi connectivity index (χ0) is 14.5. The molecule has 0 bridgehead atoms. The molecule has 0 saturated carbocycles. The molecule has 1 saturated heterocycles. The van der Waals surface area contributed by atoms with Gasteiger partial charge in [-0.15, -0.1) is 0 Å². The van der Waals surface area contributed by atoms with Gasteiger partial charge in [0.05, 0.1) is 0 Å². The van der Waals surface area contributed by atoms with Gasteiger partial charge in [0.2, 0.25) is 0 Å². The van der Waals surface area contributed by atoms with E-state index in [1.165, 1.54) is 12.0 Å². The SMILES string of the molecule is CC1CCCN(C(=O)COc2cccc(C(C)C)c2)C1. The summed E-state index contributed by atoms with van der Waals surface area (Å²) in [5.41, 5.74) is 1.24. The van der Waals surface area contributed by atoms with Gasteiger partial charge in [-0.1, -0.05) is 32.9 Å². The molecular formula is C17H25NO2. The Bertz CT molecular complexity index is 456. The number of benzene rings is 1. The van der Waals surface area contributed by atoms with Crippen molar-refractivity contribution >= 4 is 5.91 Å². The minimum atomic E-state index is 0.103. The van der Waals surface area contributed by atoms with Gasteiger partial charge in [0.1, 0.15) is 5.75 Å². The lowest BCUT2D eigenvalue weighted by Crippen LogP contribution is -2.41. The summed E-state index contributed by atoms with van der Waals surface area (Å²) in [6.45, 7) is 8.40. The molecule has 1 unspecified atom stereocenters. The van der Waals surface area contributed by atoms with Crippen molar-refractivity contribution in [3.8, 4) is 5.75 Å². The van der Waals surface area contributed by atoms with E-state index in [0.29, 0.717) is 11.8 Å². The number of likely N-dealkylation sites (tertiary alicyclic amines) is 1. The molecule has 20 heavy (non-hydrogen) atoms. The predicted molar refractivity (Wildman–Crippen MR) is 81.0 cm³/mol. The fourth-order valence-electron chi connectivity index (χ4n) is 2.62. The van der Waals surface area contributed by atoms with Gasteiger partial charge >= 0.3 is 0 Å². The van der Waals surface area contributed by atoms with Crippen LogP contribution >= 0.6 is 0 Å².